The highest BCUT2D eigenvalue weighted by Crippen LogP contribution is 2.20. The molecule has 4 heterocycles. The lowest BCUT2D eigenvalue weighted by molar-refractivity contribution is 0.0932. The van der Waals surface area contributed by atoms with Crippen LogP contribution in [-0.2, 0) is 7.05 Å². The van der Waals surface area contributed by atoms with Gasteiger partial charge < -0.3 is 10.2 Å². The van der Waals surface area contributed by atoms with Crippen LogP contribution in [0.15, 0.2) is 30.7 Å². The molecule has 8 heteroatoms. The smallest absolute Gasteiger partial charge is 0.253 e. The summed E-state index contributed by atoms with van der Waals surface area (Å²) in [5.41, 5.74) is 2.35. The molecule has 0 bridgehead atoms. The predicted octanol–water partition coefficient (Wildman–Crippen LogP) is 1.17. The number of amides is 1. The van der Waals surface area contributed by atoms with Crippen LogP contribution in [0, 0.1) is 6.92 Å². The summed E-state index contributed by atoms with van der Waals surface area (Å²) >= 11 is 0. The molecule has 1 saturated heterocycles. The number of nitrogens with zero attached hydrogens (tertiary/aromatic N) is 6. The fourth-order valence-corrected chi connectivity index (χ4v) is 3.43. The molecular formula is C17H21N7O. The summed E-state index contributed by atoms with van der Waals surface area (Å²) in [6.45, 7) is 3.77. The van der Waals surface area contributed by atoms with Crippen LogP contribution in [0.25, 0.3) is 5.65 Å². The third-order valence-electron chi connectivity index (χ3n) is 4.61. The Bertz CT molecular complexity index is 913. The molecule has 4 rings (SSSR count). The zero-order valence-electron chi connectivity index (χ0n) is 14.4. The Hall–Kier alpha value is -2.90. The molecule has 1 unspecified atom stereocenters. The summed E-state index contributed by atoms with van der Waals surface area (Å²) in [6.07, 6.45) is 5.38. The SMILES string of the molecule is Cc1cc(N2CCCC(NC(=O)c3ccc4nncn4c3)C2)n(C)n1. The summed E-state index contributed by atoms with van der Waals surface area (Å²) in [7, 11) is 1.96. The van der Waals surface area contributed by atoms with Gasteiger partial charge in [-0.05, 0) is 31.9 Å². The van der Waals surface area contributed by atoms with E-state index >= 15 is 0 Å². The summed E-state index contributed by atoms with van der Waals surface area (Å²) in [4.78, 5) is 14.9. The van der Waals surface area contributed by atoms with Crippen molar-refractivity contribution in [3.63, 3.8) is 0 Å². The molecule has 1 aliphatic heterocycles. The summed E-state index contributed by atoms with van der Waals surface area (Å²) in [6, 6.07) is 5.79. The van der Waals surface area contributed by atoms with Crippen LogP contribution in [0.4, 0.5) is 5.82 Å². The number of nitrogens with one attached hydrogen (secondary N) is 1. The number of hydrogen-bond donors (Lipinski definition) is 1. The molecule has 25 heavy (non-hydrogen) atoms. The maximum atomic E-state index is 12.6. The van der Waals surface area contributed by atoms with Gasteiger partial charge in [0.25, 0.3) is 5.91 Å². The number of carbonyl (C=O) groups is 1. The molecule has 0 aromatic carbocycles. The molecule has 1 fully saturated rings. The minimum absolute atomic E-state index is 0.0661. The third-order valence-corrected chi connectivity index (χ3v) is 4.61. The number of carbonyl (C=O) groups excluding carboxylic acids is 1. The van der Waals surface area contributed by atoms with Gasteiger partial charge in [0, 0.05) is 38.4 Å². The normalized spacial score (nSPS) is 17.8. The highest BCUT2D eigenvalue weighted by Gasteiger charge is 2.24. The van der Waals surface area contributed by atoms with E-state index in [0.29, 0.717) is 5.56 Å². The first kappa shape index (κ1) is 15.6. The van der Waals surface area contributed by atoms with E-state index in [0.717, 1.165) is 43.1 Å². The van der Waals surface area contributed by atoms with Crippen LogP contribution in [0.5, 0.6) is 0 Å². The third kappa shape index (κ3) is 3.07. The molecule has 1 aliphatic rings. The van der Waals surface area contributed by atoms with E-state index in [4.69, 9.17) is 0 Å². The number of piperidine rings is 1. The average molecular weight is 339 g/mol. The van der Waals surface area contributed by atoms with Gasteiger partial charge in [-0.15, -0.1) is 10.2 Å². The van der Waals surface area contributed by atoms with E-state index < -0.39 is 0 Å². The van der Waals surface area contributed by atoms with E-state index in [1.807, 2.05) is 18.7 Å². The summed E-state index contributed by atoms with van der Waals surface area (Å²) in [5, 5.41) is 15.4. The predicted molar refractivity (Wildman–Crippen MR) is 93.6 cm³/mol. The Morgan fingerprint density at radius 3 is 3.04 bits per heavy atom. The quantitative estimate of drug-likeness (QED) is 0.775. The van der Waals surface area contributed by atoms with Gasteiger partial charge in [0.1, 0.15) is 12.1 Å². The van der Waals surface area contributed by atoms with Gasteiger partial charge in [-0.3, -0.25) is 13.9 Å². The van der Waals surface area contributed by atoms with Crippen LogP contribution in [-0.4, -0.2) is 49.4 Å². The van der Waals surface area contributed by atoms with E-state index in [1.54, 1.807) is 29.1 Å². The summed E-state index contributed by atoms with van der Waals surface area (Å²) in [5.74, 6) is 1.03. The van der Waals surface area contributed by atoms with E-state index in [1.165, 1.54) is 0 Å². The lowest BCUT2D eigenvalue weighted by atomic mass is 10.1. The van der Waals surface area contributed by atoms with Gasteiger partial charge in [-0.1, -0.05) is 0 Å². The Kier molecular flexibility index (Phi) is 3.87. The molecule has 0 spiro atoms. The maximum Gasteiger partial charge on any atom is 0.253 e. The molecule has 3 aromatic rings. The lowest BCUT2D eigenvalue weighted by Gasteiger charge is -2.34. The number of hydrogen-bond acceptors (Lipinski definition) is 5. The van der Waals surface area contributed by atoms with Gasteiger partial charge in [-0.2, -0.15) is 5.10 Å². The van der Waals surface area contributed by atoms with Crippen LogP contribution < -0.4 is 10.2 Å². The first-order chi connectivity index (χ1) is 12.1. The van der Waals surface area contributed by atoms with Crippen LogP contribution in [0.3, 0.4) is 0 Å². The van der Waals surface area contributed by atoms with Gasteiger partial charge in [-0.25, -0.2) is 0 Å². The van der Waals surface area contributed by atoms with Crippen molar-refractivity contribution in [1.82, 2.24) is 29.7 Å². The first-order valence-electron chi connectivity index (χ1n) is 8.46. The number of aryl methyl sites for hydroxylation is 2. The number of anilines is 1. The van der Waals surface area contributed by atoms with Crippen molar-refractivity contribution in [1.29, 1.82) is 0 Å². The lowest BCUT2D eigenvalue weighted by Crippen LogP contribution is -2.48. The molecule has 0 saturated carbocycles. The summed E-state index contributed by atoms with van der Waals surface area (Å²) < 4.78 is 3.65. The largest absolute Gasteiger partial charge is 0.355 e. The van der Waals surface area contributed by atoms with E-state index in [-0.39, 0.29) is 11.9 Å². The number of aromatic nitrogens is 5. The second-order valence-electron chi connectivity index (χ2n) is 6.54. The van der Waals surface area contributed by atoms with Crippen molar-refractivity contribution in [2.24, 2.45) is 7.05 Å². The van der Waals surface area contributed by atoms with E-state index in [2.05, 4.69) is 31.6 Å². The van der Waals surface area contributed by atoms with Crippen molar-refractivity contribution >= 4 is 17.4 Å². The molecule has 1 amide bonds. The van der Waals surface area contributed by atoms with E-state index in [9.17, 15) is 4.79 Å². The Balaban J connectivity index is 1.46. The zero-order chi connectivity index (χ0) is 17.4. The molecule has 8 nitrogen and oxygen atoms in total. The molecule has 1 atom stereocenters. The standard InChI is InChI=1S/C17H21N7O/c1-12-8-16(22(2)21-12)23-7-3-4-14(10-23)19-17(25)13-5-6-15-20-18-11-24(15)9-13/h5-6,8-9,11,14H,3-4,7,10H2,1-2H3,(H,19,25). The first-order valence-corrected chi connectivity index (χ1v) is 8.46. The second-order valence-corrected chi connectivity index (χ2v) is 6.54. The fraction of sp³-hybridized carbons (Fsp3) is 0.412. The van der Waals surface area contributed by atoms with Gasteiger partial charge in [0.05, 0.1) is 11.3 Å². The molecular weight excluding hydrogens is 318 g/mol. The topological polar surface area (TPSA) is 80.4 Å². The molecule has 1 N–H and O–H groups in total. The minimum Gasteiger partial charge on any atom is -0.355 e. The second kappa shape index (κ2) is 6.19. The molecule has 130 valence electrons. The monoisotopic (exact) mass is 339 g/mol. The average Bonchev–Trinajstić information content (AvgIpc) is 3.20. The maximum absolute atomic E-state index is 12.6. The Morgan fingerprint density at radius 2 is 2.24 bits per heavy atom. The number of rotatable bonds is 3. The number of fused-ring (bicyclic) bond motifs is 1. The van der Waals surface area contributed by atoms with Gasteiger partial charge in [0.15, 0.2) is 5.65 Å². The Morgan fingerprint density at radius 1 is 1.36 bits per heavy atom. The fourth-order valence-electron chi connectivity index (χ4n) is 3.43. The van der Waals surface area contributed by atoms with Crippen molar-refractivity contribution < 1.29 is 4.79 Å². The zero-order valence-corrected chi connectivity index (χ0v) is 14.4. The van der Waals surface area contributed by atoms with Crippen LogP contribution in [0.1, 0.15) is 28.9 Å². The van der Waals surface area contributed by atoms with Gasteiger partial charge >= 0.3 is 0 Å². The van der Waals surface area contributed by atoms with Crippen LogP contribution >= 0.6 is 0 Å². The van der Waals surface area contributed by atoms with Crippen molar-refractivity contribution in [2.45, 2.75) is 25.8 Å². The molecule has 3 aromatic heterocycles. The minimum atomic E-state index is -0.0661. The molecule has 0 radical (unpaired) electrons. The van der Waals surface area contributed by atoms with Crippen LogP contribution in [0.2, 0.25) is 0 Å². The highest BCUT2D eigenvalue weighted by atomic mass is 16.1. The van der Waals surface area contributed by atoms with Crippen molar-refractivity contribution in [2.75, 3.05) is 18.0 Å². The van der Waals surface area contributed by atoms with Crippen molar-refractivity contribution in [3.8, 4) is 0 Å². The number of pyridine rings is 1. The van der Waals surface area contributed by atoms with Crippen molar-refractivity contribution in [3.05, 3.63) is 42.0 Å². The molecule has 0 aliphatic carbocycles. The highest BCUT2D eigenvalue weighted by molar-refractivity contribution is 5.94. The van der Waals surface area contributed by atoms with Gasteiger partial charge in [0.2, 0.25) is 0 Å². The Labute approximate surface area is 145 Å².